The van der Waals surface area contributed by atoms with E-state index in [1.807, 2.05) is 20.8 Å². The third kappa shape index (κ3) is 4.03. The third-order valence-corrected chi connectivity index (χ3v) is 2.11. The molecule has 5 heteroatoms. The Bertz CT molecular complexity index is 409. The van der Waals surface area contributed by atoms with Crippen molar-refractivity contribution in [3.63, 3.8) is 0 Å². The Balaban J connectivity index is 2.89. The lowest BCUT2D eigenvalue weighted by molar-refractivity contribution is -0.385. The second-order valence-corrected chi connectivity index (χ2v) is 4.66. The Kier molecular flexibility index (Phi) is 4.07. The van der Waals surface area contributed by atoms with Crippen molar-refractivity contribution in [1.82, 2.24) is 0 Å². The van der Waals surface area contributed by atoms with Crippen LogP contribution in [0.5, 0.6) is 5.75 Å². The number of hydrogen-bond donors (Lipinski definition) is 0. The van der Waals surface area contributed by atoms with Crippen LogP contribution in [0.2, 0.25) is 0 Å². The number of nitro benzene ring substituents is 1. The van der Waals surface area contributed by atoms with Gasteiger partial charge in [-0.1, -0.05) is 6.07 Å². The highest BCUT2D eigenvalue weighted by Gasteiger charge is 2.16. The molecule has 1 aromatic rings. The van der Waals surface area contributed by atoms with Gasteiger partial charge in [-0.25, -0.2) is 0 Å². The molecule has 0 saturated heterocycles. The van der Waals surface area contributed by atoms with Gasteiger partial charge in [0.1, 0.15) is 0 Å². The molecule has 1 aromatic carbocycles. The normalized spacial score (nSPS) is 11.3. The fourth-order valence-electron chi connectivity index (χ4n) is 1.27. The zero-order chi connectivity index (χ0) is 13.1. The Hall–Kier alpha value is -1.62. The maximum Gasteiger partial charge on any atom is 0.311 e. The van der Waals surface area contributed by atoms with E-state index in [-0.39, 0.29) is 17.0 Å². The molecule has 0 aliphatic heterocycles. The molecule has 0 aliphatic rings. The fraction of sp³-hybridized carbons (Fsp3) is 0.500. The molecule has 0 heterocycles. The van der Waals surface area contributed by atoms with E-state index in [9.17, 15) is 10.1 Å². The first-order chi connectivity index (χ1) is 7.83. The predicted molar refractivity (Wildman–Crippen MR) is 64.2 cm³/mol. The van der Waals surface area contributed by atoms with Crippen molar-refractivity contribution in [2.24, 2.45) is 0 Å². The van der Waals surface area contributed by atoms with Crippen molar-refractivity contribution in [2.75, 3.05) is 7.11 Å². The Morgan fingerprint density at radius 1 is 1.35 bits per heavy atom. The van der Waals surface area contributed by atoms with Gasteiger partial charge in [-0.2, -0.15) is 0 Å². The van der Waals surface area contributed by atoms with E-state index < -0.39 is 4.92 Å². The number of nitrogens with zero attached hydrogens (tertiary/aromatic N) is 1. The van der Waals surface area contributed by atoms with Crippen LogP contribution in [0.25, 0.3) is 0 Å². The van der Waals surface area contributed by atoms with Gasteiger partial charge in [-0.05, 0) is 32.4 Å². The maximum atomic E-state index is 10.8. The van der Waals surface area contributed by atoms with E-state index in [0.29, 0.717) is 6.61 Å². The molecule has 0 aliphatic carbocycles. The summed E-state index contributed by atoms with van der Waals surface area (Å²) in [6.07, 6.45) is 0. The smallest absolute Gasteiger partial charge is 0.311 e. The number of methoxy groups -OCH3 is 1. The summed E-state index contributed by atoms with van der Waals surface area (Å²) >= 11 is 0. The molecule has 94 valence electrons. The average Bonchev–Trinajstić information content (AvgIpc) is 2.25. The number of benzene rings is 1. The predicted octanol–water partition coefficient (Wildman–Crippen LogP) is 2.92. The van der Waals surface area contributed by atoms with Crippen molar-refractivity contribution in [3.05, 3.63) is 33.9 Å². The summed E-state index contributed by atoms with van der Waals surface area (Å²) in [5.74, 6) is 0.259. The molecule has 0 N–H and O–H groups in total. The number of nitro groups is 1. The summed E-state index contributed by atoms with van der Waals surface area (Å²) < 4.78 is 10.5. The highest BCUT2D eigenvalue weighted by molar-refractivity contribution is 5.48. The standard InChI is InChI=1S/C12H17NO4/c1-12(2,3)17-8-9-5-6-11(16-4)10(7-9)13(14)15/h5-7H,8H2,1-4H3. The van der Waals surface area contributed by atoms with Gasteiger partial charge < -0.3 is 9.47 Å². The quantitative estimate of drug-likeness (QED) is 0.598. The second-order valence-electron chi connectivity index (χ2n) is 4.66. The first-order valence-corrected chi connectivity index (χ1v) is 5.29. The minimum atomic E-state index is -0.459. The molecule has 0 fully saturated rings. The van der Waals surface area contributed by atoms with E-state index in [2.05, 4.69) is 0 Å². The Labute approximate surface area is 101 Å². The van der Waals surface area contributed by atoms with Crippen LogP contribution in [0.3, 0.4) is 0 Å². The van der Waals surface area contributed by atoms with Crippen molar-refractivity contribution < 1.29 is 14.4 Å². The van der Waals surface area contributed by atoms with Gasteiger partial charge in [0.05, 0.1) is 24.2 Å². The number of hydrogen-bond acceptors (Lipinski definition) is 4. The van der Waals surface area contributed by atoms with E-state index in [4.69, 9.17) is 9.47 Å². The molecule has 0 bridgehead atoms. The molecule has 0 saturated carbocycles. The molecular weight excluding hydrogens is 222 g/mol. The molecular formula is C12H17NO4. The van der Waals surface area contributed by atoms with E-state index in [0.717, 1.165) is 5.56 Å². The molecule has 0 aromatic heterocycles. The minimum absolute atomic E-state index is 0.0393. The van der Waals surface area contributed by atoms with Gasteiger partial charge in [0.2, 0.25) is 0 Å². The summed E-state index contributed by atoms with van der Waals surface area (Å²) in [6.45, 7) is 6.15. The summed E-state index contributed by atoms with van der Waals surface area (Å²) in [7, 11) is 1.41. The van der Waals surface area contributed by atoms with Gasteiger partial charge in [0.15, 0.2) is 5.75 Å². The monoisotopic (exact) mass is 239 g/mol. The Morgan fingerprint density at radius 2 is 2.00 bits per heavy atom. The van der Waals surface area contributed by atoms with Crippen molar-refractivity contribution in [1.29, 1.82) is 0 Å². The average molecular weight is 239 g/mol. The molecule has 0 amide bonds. The molecule has 0 radical (unpaired) electrons. The summed E-state index contributed by atoms with van der Waals surface area (Å²) in [6, 6.07) is 4.82. The van der Waals surface area contributed by atoms with Crippen molar-refractivity contribution >= 4 is 5.69 Å². The summed E-state index contributed by atoms with van der Waals surface area (Å²) in [4.78, 5) is 10.4. The van der Waals surface area contributed by atoms with Crippen molar-refractivity contribution in [2.45, 2.75) is 33.0 Å². The van der Waals surface area contributed by atoms with Crippen LogP contribution >= 0.6 is 0 Å². The Morgan fingerprint density at radius 3 is 2.47 bits per heavy atom. The van der Waals surface area contributed by atoms with E-state index in [1.165, 1.54) is 13.2 Å². The third-order valence-electron chi connectivity index (χ3n) is 2.11. The van der Waals surface area contributed by atoms with Crippen LogP contribution in [-0.2, 0) is 11.3 Å². The van der Waals surface area contributed by atoms with Gasteiger partial charge >= 0.3 is 5.69 Å². The van der Waals surface area contributed by atoms with Crippen LogP contribution in [0.4, 0.5) is 5.69 Å². The van der Waals surface area contributed by atoms with E-state index >= 15 is 0 Å². The minimum Gasteiger partial charge on any atom is -0.490 e. The highest BCUT2D eigenvalue weighted by Crippen LogP contribution is 2.28. The first-order valence-electron chi connectivity index (χ1n) is 5.29. The molecule has 0 unspecified atom stereocenters. The lowest BCUT2D eigenvalue weighted by atomic mass is 10.1. The number of rotatable bonds is 4. The number of ether oxygens (including phenoxy) is 2. The van der Waals surface area contributed by atoms with Crippen LogP contribution < -0.4 is 4.74 Å². The summed E-state index contributed by atoms with van der Waals surface area (Å²) in [5, 5.41) is 10.8. The van der Waals surface area contributed by atoms with Crippen LogP contribution in [0.1, 0.15) is 26.3 Å². The topological polar surface area (TPSA) is 61.6 Å². The lowest BCUT2D eigenvalue weighted by Gasteiger charge is -2.19. The van der Waals surface area contributed by atoms with Gasteiger partial charge in [0.25, 0.3) is 0 Å². The first kappa shape index (κ1) is 13.4. The maximum absolute atomic E-state index is 10.8. The fourth-order valence-corrected chi connectivity index (χ4v) is 1.27. The van der Waals surface area contributed by atoms with Crippen LogP contribution in [-0.4, -0.2) is 17.6 Å². The molecule has 0 spiro atoms. The molecule has 0 atom stereocenters. The van der Waals surface area contributed by atoms with Gasteiger partial charge in [-0.3, -0.25) is 10.1 Å². The van der Waals surface area contributed by atoms with Crippen LogP contribution in [0, 0.1) is 10.1 Å². The molecule has 17 heavy (non-hydrogen) atoms. The highest BCUT2D eigenvalue weighted by atomic mass is 16.6. The van der Waals surface area contributed by atoms with Crippen LogP contribution in [0.15, 0.2) is 18.2 Å². The van der Waals surface area contributed by atoms with E-state index in [1.54, 1.807) is 12.1 Å². The largest absolute Gasteiger partial charge is 0.490 e. The zero-order valence-corrected chi connectivity index (χ0v) is 10.5. The molecule has 5 nitrogen and oxygen atoms in total. The summed E-state index contributed by atoms with van der Waals surface area (Å²) in [5.41, 5.74) is 0.448. The van der Waals surface area contributed by atoms with Gasteiger partial charge in [0, 0.05) is 6.07 Å². The second kappa shape index (κ2) is 5.14. The lowest BCUT2D eigenvalue weighted by Crippen LogP contribution is -2.18. The molecule has 1 rings (SSSR count). The van der Waals surface area contributed by atoms with Crippen molar-refractivity contribution in [3.8, 4) is 5.75 Å². The zero-order valence-electron chi connectivity index (χ0n) is 10.5. The SMILES string of the molecule is COc1ccc(COC(C)(C)C)cc1[N+](=O)[O-]. The van der Waals surface area contributed by atoms with Gasteiger partial charge in [-0.15, -0.1) is 0 Å².